The summed E-state index contributed by atoms with van der Waals surface area (Å²) < 4.78 is 0. The topological polar surface area (TPSA) is 72.8 Å². The highest BCUT2D eigenvalue weighted by atomic mass is 15.1. The van der Waals surface area contributed by atoms with Crippen molar-refractivity contribution in [1.29, 1.82) is 0 Å². The lowest BCUT2D eigenvalue weighted by molar-refractivity contribution is 0.468. The predicted octanol–water partition coefficient (Wildman–Crippen LogP) is -0.530. The first-order valence-corrected chi connectivity index (χ1v) is 6.05. The number of aliphatic imine (C=N–C) groups is 2. The van der Waals surface area contributed by atoms with Crippen molar-refractivity contribution in [2.24, 2.45) is 9.98 Å². The van der Waals surface area contributed by atoms with Crippen LogP contribution in [0.1, 0.15) is 12.8 Å². The maximum Gasteiger partial charge on any atom is 0.0892 e. The molecule has 0 radical (unpaired) electrons. The van der Waals surface area contributed by atoms with E-state index in [0.29, 0.717) is 12.3 Å². The monoisotopic (exact) mass is 242 g/mol. The Morgan fingerprint density at radius 3 is 1.41 bits per heavy atom. The van der Waals surface area contributed by atoms with Gasteiger partial charge in [-0.1, -0.05) is 0 Å². The van der Waals surface area contributed by atoms with Crippen molar-refractivity contribution in [3.05, 3.63) is 0 Å². The van der Waals surface area contributed by atoms with Crippen molar-refractivity contribution >= 4 is 6.01 Å². The van der Waals surface area contributed by atoms with Gasteiger partial charge in [-0.15, -0.1) is 0 Å². The van der Waals surface area contributed by atoms with Gasteiger partial charge in [0.2, 0.25) is 0 Å². The predicted molar refractivity (Wildman–Crippen MR) is 72.6 cm³/mol. The van der Waals surface area contributed by atoms with Gasteiger partial charge in [-0.05, 0) is 41.0 Å². The first-order chi connectivity index (χ1) is 8.28. The van der Waals surface area contributed by atoms with Crippen LogP contribution >= 0.6 is 0 Å². The Labute approximate surface area is 104 Å². The molecular weight excluding hydrogens is 216 g/mol. The van der Waals surface area contributed by atoms with Crippen LogP contribution in [0.5, 0.6) is 0 Å². The molecule has 0 bridgehead atoms. The third kappa shape index (κ3) is 8.97. The van der Waals surface area contributed by atoms with Crippen LogP contribution in [-0.4, -0.2) is 59.6 Å². The minimum Gasteiger partial charge on any atom is -0.305 e. The molecule has 0 aromatic heterocycles. The lowest BCUT2D eigenvalue weighted by atomic mass is 10.3. The van der Waals surface area contributed by atoms with E-state index >= 15 is 0 Å². The van der Waals surface area contributed by atoms with Gasteiger partial charge in [0.1, 0.15) is 0 Å². The Morgan fingerprint density at radius 1 is 0.765 bits per heavy atom. The van der Waals surface area contributed by atoms with Crippen LogP contribution in [0, 0.1) is 0 Å². The molecule has 0 aliphatic rings. The van der Waals surface area contributed by atoms with Crippen LogP contribution in [0.3, 0.4) is 0 Å². The number of rotatable bonds is 10. The average molecular weight is 242 g/mol. The van der Waals surface area contributed by atoms with E-state index in [9.17, 15) is 0 Å². The largest absolute Gasteiger partial charge is 0.305 e. The highest BCUT2D eigenvalue weighted by molar-refractivity contribution is 5.40. The molecule has 6 nitrogen and oxygen atoms in total. The maximum atomic E-state index is 4.12. The second-order valence-electron chi connectivity index (χ2n) is 3.70. The first-order valence-electron chi connectivity index (χ1n) is 6.05. The lowest BCUT2D eigenvalue weighted by Gasteiger charge is -2.12. The van der Waals surface area contributed by atoms with E-state index in [1.54, 1.807) is 0 Å². The van der Waals surface area contributed by atoms with E-state index in [1.165, 1.54) is 0 Å². The summed E-state index contributed by atoms with van der Waals surface area (Å²) in [7, 11) is 7.70. The van der Waals surface area contributed by atoms with Crippen LogP contribution in [0.25, 0.3) is 0 Å². The van der Waals surface area contributed by atoms with Crippen LogP contribution in [0.2, 0.25) is 0 Å². The summed E-state index contributed by atoms with van der Waals surface area (Å²) in [6, 6.07) is 2.73. The zero-order valence-electron chi connectivity index (χ0n) is 11.4. The van der Waals surface area contributed by atoms with Gasteiger partial charge in [-0.25, -0.2) is 9.98 Å². The van der Waals surface area contributed by atoms with E-state index in [0.717, 1.165) is 25.9 Å². The molecule has 0 saturated carbocycles. The summed E-state index contributed by atoms with van der Waals surface area (Å²) in [6.45, 7) is 1.47. The van der Waals surface area contributed by atoms with Crippen molar-refractivity contribution in [2.75, 3.05) is 41.3 Å². The third-order valence-corrected chi connectivity index (χ3v) is 2.59. The summed E-state index contributed by atoms with van der Waals surface area (Å²) in [5, 5.41) is 12.6. The van der Waals surface area contributed by atoms with Crippen LogP contribution < -0.4 is 21.3 Å². The fraction of sp³-hybridized carbons (Fsp3) is 0.909. The van der Waals surface area contributed by atoms with Crippen LogP contribution in [-0.2, 0) is 0 Å². The molecule has 0 saturated heterocycles. The van der Waals surface area contributed by atoms with Crippen molar-refractivity contribution in [2.45, 2.75) is 25.2 Å². The average Bonchev–Trinajstić information content (AvgIpc) is 2.37. The van der Waals surface area contributed by atoms with E-state index in [1.807, 2.05) is 28.2 Å². The summed E-state index contributed by atoms with van der Waals surface area (Å²) in [4.78, 5) is 8.24. The van der Waals surface area contributed by atoms with Gasteiger partial charge in [0.15, 0.2) is 0 Å². The maximum absolute atomic E-state index is 4.12. The second kappa shape index (κ2) is 11.7. The highest BCUT2D eigenvalue weighted by Gasteiger charge is 1.99. The molecule has 0 heterocycles. The molecule has 0 rings (SSSR count). The Bertz CT molecular complexity index is 196. The Kier molecular flexibility index (Phi) is 11.2. The van der Waals surface area contributed by atoms with Crippen LogP contribution in [0.15, 0.2) is 9.98 Å². The molecular formula is C11H26N6. The first kappa shape index (κ1) is 16.2. The molecule has 17 heavy (non-hydrogen) atoms. The highest BCUT2D eigenvalue weighted by Crippen LogP contribution is 1.87. The Balaban J connectivity index is 3.63. The third-order valence-electron chi connectivity index (χ3n) is 2.59. The van der Waals surface area contributed by atoms with E-state index < -0.39 is 0 Å². The zero-order chi connectivity index (χ0) is 12.9. The zero-order valence-corrected chi connectivity index (χ0v) is 11.4. The van der Waals surface area contributed by atoms with Gasteiger partial charge in [0.25, 0.3) is 0 Å². The molecule has 0 aliphatic heterocycles. The second-order valence-corrected chi connectivity index (χ2v) is 3.70. The molecule has 100 valence electrons. The fourth-order valence-electron chi connectivity index (χ4n) is 1.40. The molecule has 4 N–H and O–H groups in total. The summed E-state index contributed by atoms with van der Waals surface area (Å²) in [6.07, 6.45) is 2.48. The number of hydrogen-bond donors (Lipinski definition) is 4. The molecule has 0 unspecified atom stereocenters. The minimum absolute atomic E-state index is 0.304. The van der Waals surface area contributed by atoms with Crippen LogP contribution in [0.4, 0.5) is 0 Å². The molecule has 0 aromatic carbocycles. The van der Waals surface area contributed by atoms with Crippen molar-refractivity contribution in [1.82, 2.24) is 21.3 Å². The molecule has 0 fully saturated rings. The van der Waals surface area contributed by atoms with E-state index in [4.69, 9.17) is 0 Å². The van der Waals surface area contributed by atoms with E-state index in [-0.39, 0.29) is 0 Å². The molecule has 0 amide bonds. The normalized spacial score (nSPS) is 10.7. The van der Waals surface area contributed by atoms with Gasteiger partial charge in [0, 0.05) is 0 Å². The van der Waals surface area contributed by atoms with Crippen molar-refractivity contribution < 1.29 is 0 Å². The smallest absolute Gasteiger partial charge is 0.0892 e. The quantitative estimate of drug-likeness (QED) is 0.307. The van der Waals surface area contributed by atoms with Gasteiger partial charge >= 0.3 is 0 Å². The SMILES string of the molecule is CNC(CCN=C=NCCC(NC)NC)NC. The number of nitrogens with one attached hydrogen (secondary N) is 4. The standard InChI is InChI=1S/C11H26N6/c1-12-10(13-2)5-7-16-9-17-8-6-11(14-3)15-4/h10-15H,5-8H2,1-4H3. The summed E-state index contributed by atoms with van der Waals surface area (Å²) in [5.41, 5.74) is 0. The van der Waals surface area contributed by atoms with E-state index in [2.05, 4.69) is 37.3 Å². The molecule has 0 spiro atoms. The molecule has 0 atom stereocenters. The number of hydrogen-bond acceptors (Lipinski definition) is 6. The number of nitrogens with zero attached hydrogens (tertiary/aromatic N) is 2. The fourth-order valence-corrected chi connectivity index (χ4v) is 1.40. The van der Waals surface area contributed by atoms with Gasteiger partial charge in [-0.2, -0.15) is 0 Å². The Hall–Kier alpha value is -0.780. The van der Waals surface area contributed by atoms with Gasteiger partial charge in [0.05, 0.1) is 31.4 Å². The summed E-state index contributed by atoms with van der Waals surface area (Å²) >= 11 is 0. The minimum atomic E-state index is 0.304. The van der Waals surface area contributed by atoms with Crippen molar-refractivity contribution in [3.8, 4) is 0 Å². The van der Waals surface area contributed by atoms with Gasteiger partial charge in [-0.3, -0.25) is 0 Å². The molecule has 0 aromatic rings. The lowest BCUT2D eigenvalue weighted by Crippen LogP contribution is -2.38. The molecule has 6 heteroatoms. The molecule has 0 aliphatic carbocycles. The van der Waals surface area contributed by atoms with Crippen molar-refractivity contribution in [3.63, 3.8) is 0 Å². The Morgan fingerprint density at radius 2 is 1.12 bits per heavy atom. The summed E-state index contributed by atoms with van der Waals surface area (Å²) in [5.74, 6) is 0. The van der Waals surface area contributed by atoms with Gasteiger partial charge < -0.3 is 21.3 Å².